The lowest BCUT2D eigenvalue weighted by Crippen LogP contribution is -2.05. The number of rotatable bonds is 7. The molecule has 0 amide bonds. The summed E-state index contributed by atoms with van der Waals surface area (Å²) in [5.41, 5.74) is 9.46. The molecule has 0 radical (unpaired) electrons. The molecule has 0 aromatic carbocycles. The number of allylic oxidation sites excluding steroid dienone is 8. The summed E-state index contributed by atoms with van der Waals surface area (Å²) in [5.74, 6) is 0. The second kappa shape index (κ2) is 10.5. The maximum absolute atomic E-state index is 4.21. The molecule has 0 N–H and O–H groups in total. The third-order valence-electron chi connectivity index (χ3n) is 4.61. The molecule has 0 bridgehead atoms. The molecule has 0 aromatic heterocycles. The van der Waals surface area contributed by atoms with Crippen molar-refractivity contribution >= 4 is 0 Å². The normalized spacial score (nSPS) is 14.5. The van der Waals surface area contributed by atoms with Crippen LogP contribution in [0.15, 0.2) is 58.2 Å². The first-order chi connectivity index (χ1) is 10.4. The minimum Gasteiger partial charge on any atom is -0.0958 e. The van der Waals surface area contributed by atoms with Crippen LogP contribution in [0.25, 0.3) is 0 Å². The van der Waals surface area contributed by atoms with Crippen LogP contribution in [0.1, 0.15) is 89.0 Å². The monoisotopic (exact) mass is 330 g/mol. The van der Waals surface area contributed by atoms with E-state index in [1.165, 1.54) is 39.9 Å². The lowest BCUT2D eigenvalue weighted by molar-refractivity contribution is 0.378. The van der Waals surface area contributed by atoms with E-state index < -0.39 is 0 Å². The Balaban J connectivity index is 0. The standard InChI is InChI=1S/C23H38.CH4/c1-12-18(6)22(20(8)19(7)16(2)3)15-21(17(4)5)13-14-23(9,10)11;/h15H,2,4,12-14H2,1,3,5-11H3;1H4/b20-19-,21-15+,22-18+;. The second-order valence-corrected chi connectivity index (χ2v) is 8.09. The van der Waals surface area contributed by atoms with Crippen molar-refractivity contribution in [2.24, 2.45) is 5.41 Å². The zero-order chi connectivity index (χ0) is 18.4. The number of hydrogen-bond acceptors (Lipinski definition) is 0. The van der Waals surface area contributed by atoms with Crippen molar-refractivity contribution in [1.82, 2.24) is 0 Å². The van der Waals surface area contributed by atoms with E-state index in [2.05, 4.69) is 81.5 Å². The highest BCUT2D eigenvalue weighted by atomic mass is 14.2. The Morgan fingerprint density at radius 2 is 1.38 bits per heavy atom. The van der Waals surface area contributed by atoms with Crippen LogP contribution < -0.4 is 0 Å². The van der Waals surface area contributed by atoms with Crippen molar-refractivity contribution in [3.63, 3.8) is 0 Å². The van der Waals surface area contributed by atoms with Gasteiger partial charge in [0.25, 0.3) is 0 Å². The second-order valence-electron chi connectivity index (χ2n) is 8.09. The van der Waals surface area contributed by atoms with E-state index in [0.29, 0.717) is 5.41 Å². The summed E-state index contributed by atoms with van der Waals surface area (Å²) in [4.78, 5) is 0. The summed E-state index contributed by atoms with van der Waals surface area (Å²) in [5, 5.41) is 0. The van der Waals surface area contributed by atoms with E-state index in [9.17, 15) is 0 Å². The molecule has 0 atom stereocenters. The Labute approximate surface area is 153 Å². The molecule has 0 unspecified atom stereocenters. The third-order valence-corrected chi connectivity index (χ3v) is 4.61. The average Bonchev–Trinajstić information content (AvgIpc) is 2.43. The summed E-state index contributed by atoms with van der Waals surface area (Å²) >= 11 is 0. The molecule has 0 fully saturated rings. The molecule has 0 rings (SSSR count). The van der Waals surface area contributed by atoms with E-state index in [1.54, 1.807) is 0 Å². The largest absolute Gasteiger partial charge is 0.0958 e. The maximum Gasteiger partial charge on any atom is -0.0233 e. The van der Waals surface area contributed by atoms with Gasteiger partial charge in [-0.3, -0.25) is 0 Å². The first-order valence-electron chi connectivity index (χ1n) is 8.80. The molecule has 0 aliphatic heterocycles. The summed E-state index contributed by atoms with van der Waals surface area (Å²) < 4.78 is 0. The van der Waals surface area contributed by atoms with Gasteiger partial charge in [0, 0.05) is 0 Å². The van der Waals surface area contributed by atoms with Crippen molar-refractivity contribution in [2.75, 3.05) is 0 Å². The van der Waals surface area contributed by atoms with Crippen LogP contribution in [0, 0.1) is 5.41 Å². The molecule has 0 aliphatic carbocycles. The smallest absolute Gasteiger partial charge is 0.0233 e. The fourth-order valence-electron chi connectivity index (χ4n) is 2.36. The number of hydrogen-bond donors (Lipinski definition) is 0. The van der Waals surface area contributed by atoms with Gasteiger partial charge in [0.05, 0.1) is 0 Å². The van der Waals surface area contributed by atoms with Crippen LogP contribution in [0.4, 0.5) is 0 Å². The van der Waals surface area contributed by atoms with Gasteiger partial charge in [0.2, 0.25) is 0 Å². The summed E-state index contributed by atoms with van der Waals surface area (Å²) in [6.45, 7) is 28.3. The molecule has 0 saturated carbocycles. The Bertz CT molecular complexity index is 539. The highest BCUT2D eigenvalue weighted by Gasteiger charge is 2.13. The fourth-order valence-corrected chi connectivity index (χ4v) is 2.36. The van der Waals surface area contributed by atoms with Crippen molar-refractivity contribution in [1.29, 1.82) is 0 Å². The molecular weight excluding hydrogens is 288 g/mol. The van der Waals surface area contributed by atoms with Crippen LogP contribution >= 0.6 is 0 Å². The molecule has 0 heterocycles. The molecule has 0 heteroatoms. The van der Waals surface area contributed by atoms with Gasteiger partial charge in [0.15, 0.2) is 0 Å². The molecule has 0 spiro atoms. The average molecular weight is 331 g/mol. The Morgan fingerprint density at radius 1 is 0.875 bits per heavy atom. The topological polar surface area (TPSA) is 0 Å². The Kier molecular flexibility index (Phi) is 11.0. The molecule has 0 saturated heterocycles. The third kappa shape index (κ3) is 8.52. The van der Waals surface area contributed by atoms with Crippen molar-refractivity contribution in [2.45, 2.75) is 89.0 Å². The molecule has 0 aliphatic rings. The van der Waals surface area contributed by atoms with Gasteiger partial charge in [-0.25, -0.2) is 0 Å². The van der Waals surface area contributed by atoms with Crippen molar-refractivity contribution in [3.8, 4) is 0 Å². The van der Waals surface area contributed by atoms with Gasteiger partial charge in [-0.1, -0.05) is 71.1 Å². The van der Waals surface area contributed by atoms with E-state index >= 15 is 0 Å². The molecule has 24 heavy (non-hydrogen) atoms. The first kappa shape index (κ1) is 24.9. The van der Waals surface area contributed by atoms with Gasteiger partial charge in [-0.2, -0.15) is 0 Å². The van der Waals surface area contributed by atoms with Crippen LogP contribution in [0.2, 0.25) is 0 Å². The predicted molar refractivity (Wildman–Crippen MR) is 114 cm³/mol. The van der Waals surface area contributed by atoms with Crippen molar-refractivity contribution < 1.29 is 0 Å². The highest BCUT2D eigenvalue weighted by Crippen LogP contribution is 2.30. The van der Waals surface area contributed by atoms with Crippen molar-refractivity contribution in [3.05, 3.63) is 58.2 Å². The molecule has 0 nitrogen and oxygen atoms in total. The van der Waals surface area contributed by atoms with E-state index in [0.717, 1.165) is 18.4 Å². The lowest BCUT2D eigenvalue weighted by Gasteiger charge is -2.20. The first-order valence-corrected chi connectivity index (χ1v) is 8.80. The SMILES string of the molecule is C.C=C(C)\C(C)=C(C)/C(/C=C(\CCC(C)(C)C)C(=C)C)=C(\C)CC. The Morgan fingerprint density at radius 3 is 1.71 bits per heavy atom. The minimum atomic E-state index is 0. The lowest BCUT2D eigenvalue weighted by atomic mass is 9.85. The van der Waals surface area contributed by atoms with Crippen LogP contribution in [-0.4, -0.2) is 0 Å². The molecule has 0 aromatic rings. The van der Waals surface area contributed by atoms with E-state index in [1.807, 2.05) is 0 Å². The molecular formula is C24H42. The zero-order valence-corrected chi connectivity index (χ0v) is 17.1. The van der Waals surface area contributed by atoms with Crippen LogP contribution in [-0.2, 0) is 0 Å². The quantitative estimate of drug-likeness (QED) is 0.410. The van der Waals surface area contributed by atoms with Gasteiger partial charge in [-0.05, 0) is 81.6 Å². The molecule has 138 valence electrons. The van der Waals surface area contributed by atoms with E-state index in [4.69, 9.17) is 0 Å². The fraction of sp³-hybridized carbons (Fsp3) is 0.583. The van der Waals surface area contributed by atoms with Crippen LogP contribution in [0.5, 0.6) is 0 Å². The predicted octanol–water partition coefficient (Wildman–Crippen LogP) is 8.59. The van der Waals surface area contributed by atoms with Gasteiger partial charge >= 0.3 is 0 Å². The van der Waals surface area contributed by atoms with Gasteiger partial charge in [0.1, 0.15) is 0 Å². The minimum absolute atomic E-state index is 0. The summed E-state index contributed by atoms with van der Waals surface area (Å²) in [7, 11) is 0. The van der Waals surface area contributed by atoms with E-state index in [-0.39, 0.29) is 7.43 Å². The van der Waals surface area contributed by atoms with Gasteiger partial charge < -0.3 is 0 Å². The zero-order valence-electron chi connectivity index (χ0n) is 17.1. The Hall–Kier alpha value is -1.30. The maximum atomic E-state index is 4.21. The highest BCUT2D eigenvalue weighted by molar-refractivity contribution is 5.51. The summed E-state index contributed by atoms with van der Waals surface area (Å²) in [6.07, 6.45) is 5.69. The van der Waals surface area contributed by atoms with Crippen LogP contribution in [0.3, 0.4) is 0 Å². The summed E-state index contributed by atoms with van der Waals surface area (Å²) in [6, 6.07) is 0. The van der Waals surface area contributed by atoms with Gasteiger partial charge in [-0.15, -0.1) is 0 Å².